The zero-order chi connectivity index (χ0) is 19.1. The second-order valence-corrected chi connectivity index (χ2v) is 6.97. The van der Waals surface area contributed by atoms with Crippen LogP contribution in [-0.2, 0) is 4.79 Å². The molecule has 2 N–H and O–H groups in total. The van der Waals surface area contributed by atoms with Crippen LogP contribution in [0.1, 0.15) is 24.0 Å². The lowest BCUT2D eigenvalue weighted by molar-refractivity contribution is -0.124. The van der Waals surface area contributed by atoms with Gasteiger partial charge in [-0.2, -0.15) is 0 Å². The number of amides is 1. The second kappa shape index (κ2) is 9.35. The quantitative estimate of drug-likeness (QED) is 0.469. The molecule has 1 heterocycles. The number of nitrogens with one attached hydrogen (secondary N) is 1. The number of piperazine rings is 1. The van der Waals surface area contributed by atoms with E-state index in [0.717, 1.165) is 44.0 Å². The van der Waals surface area contributed by atoms with Gasteiger partial charge in [-0.05, 0) is 29.2 Å². The van der Waals surface area contributed by atoms with Gasteiger partial charge in [-0.1, -0.05) is 55.5 Å². The summed E-state index contributed by atoms with van der Waals surface area (Å²) < 4.78 is 0. The number of carbonyl (C=O) groups is 1. The number of nitrogens with zero attached hydrogens (tertiary/aromatic N) is 2. The fraction of sp³-hybridized carbons (Fsp3) is 0.318. The molecule has 5 heteroatoms. The zero-order valence-electron chi connectivity index (χ0n) is 15.7. The first-order valence-corrected chi connectivity index (χ1v) is 9.41. The maximum absolute atomic E-state index is 11.3. The van der Waals surface area contributed by atoms with Crippen LogP contribution < -0.4 is 10.4 Å². The number of hydrogen-bond acceptors (Lipinski definition) is 4. The van der Waals surface area contributed by atoms with Crippen molar-refractivity contribution in [2.45, 2.75) is 12.8 Å². The first kappa shape index (κ1) is 19.1. The second-order valence-electron chi connectivity index (χ2n) is 6.97. The Kier molecular flexibility index (Phi) is 6.63. The van der Waals surface area contributed by atoms with Crippen LogP contribution in [0.15, 0.2) is 60.7 Å². The van der Waals surface area contributed by atoms with Gasteiger partial charge in [0.15, 0.2) is 0 Å². The standard InChI is InChI=1S/C22H27N3O2/c1-18(19-7-3-2-4-8-19)17-24-13-15-25(16-14-24)21-10-6-5-9-20(21)11-12-22(26)23-27/h2-12,18,27H,13-17H2,1H3,(H,23,26). The number of benzene rings is 2. The molecule has 0 aromatic heterocycles. The minimum absolute atomic E-state index is 0.518. The van der Waals surface area contributed by atoms with Crippen LogP contribution in [0.5, 0.6) is 0 Å². The van der Waals surface area contributed by atoms with Crippen LogP contribution in [-0.4, -0.2) is 48.7 Å². The molecule has 1 amide bonds. The largest absolute Gasteiger partial charge is 0.368 e. The smallest absolute Gasteiger partial charge is 0.267 e. The SMILES string of the molecule is CC(CN1CCN(c2ccccc2C=CC(=O)NO)CC1)c1ccccc1. The summed E-state index contributed by atoms with van der Waals surface area (Å²) in [7, 11) is 0. The van der Waals surface area contributed by atoms with Crippen LogP contribution in [0.3, 0.4) is 0 Å². The van der Waals surface area contributed by atoms with Crippen molar-refractivity contribution in [1.82, 2.24) is 10.4 Å². The topological polar surface area (TPSA) is 55.8 Å². The lowest BCUT2D eigenvalue weighted by atomic mass is 10.0. The highest BCUT2D eigenvalue weighted by Crippen LogP contribution is 2.24. The summed E-state index contributed by atoms with van der Waals surface area (Å²) in [4.78, 5) is 16.1. The number of hydroxylamine groups is 1. The highest BCUT2D eigenvalue weighted by molar-refractivity contribution is 5.91. The summed E-state index contributed by atoms with van der Waals surface area (Å²) in [6.45, 7) is 7.31. The number of hydrogen-bond donors (Lipinski definition) is 2. The molecule has 5 nitrogen and oxygen atoms in total. The van der Waals surface area contributed by atoms with Crippen LogP contribution >= 0.6 is 0 Å². The first-order valence-electron chi connectivity index (χ1n) is 9.41. The monoisotopic (exact) mass is 365 g/mol. The van der Waals surface area contributed by atoms with Gasteiger partial charge >= 0.3 is 0 Å². The third kappa shape index (κ3) is 5.18. The third-order valence-electron chi connectivity index (χ3n) is 5.07. The van der Waals surface area contributed by atoms with E-state index < -0.39 is 5.91 Å². The maximum Gasteiger partial charge on any atom is 0.267 e. The van der Waals surface area contributed by atoms with Crippen molar-refractivity contribution in [3.63, 3.8) is 0 Å². The Hall–Kier alpha value is -2.63. The summed E-state index contributed by atoms with van der Waals surface area (Å²) in [6.07, 6.45) is 3.08. The van der Waals surface area contributed by atoms with Gasteiger partial charge in [-0.25, -0.2) is 5.48 Å². The molecule has 2 aromatic rings. The number of rotatable bonds is 6. The number of carbonyl (C=O) groups excluding carboxylic acids is 1. The molecule has 0 radical (unpaired) electrons. The van der Waals surface area contributed by atoms with Gasteiger partial charge in [0.1, 0.15) is 0 Å². The van der Waals surface area contributed by atoms with Gasteiger partial charge in [-0.15, -0.1) is 0 Å². The molecule has 1 aliphatic heterocycles. The maximum atomic E-state index is 11.3. The molecule has 1 atom stereocenters. The Labute approximate surface area is 160 Å². The van der Waals surface area contributed by atoms with E-state index in [1.807, 2.05) is 18.2 Å². The van der Waals surface area contributed by atoms with E-state index in [1.165, 1.54) is 11.6 Å². The summed E-state index contributed by atoms with van der Waals surface area (Å²) in [5.41, 5.74) is 5.11. The van der Waals surface area contributed by atoms with E-state index in [0.29, 0.717) is 5.92 Å². The molecule has 0 aliphatic carbocycles. The van der Waals surface area contributed by atoms with Crippen molar-refractivity contribution in [2.75, 3.05) is 37.6 Å². The molecular formula is C22H27N3O2. The predicted molar refractivity (Wildman–Crippen MR) is 109 cm³/mol. The molecule has 1 aliphatic rings. The normalized spacial score (nSPS) is 16.4. The van der Waals surface area contributed by atoms with Gasteiger partial charge in [0, 0.05) is 44.5 Å². The van der Waals surface area contributed by atoms with E-state index in [-0.39, 0.29) is 0 Å². The van der Waals surface area contributed by atoms with Crippen molar-refractivity contribution in [1.29, 1.82) is 0 Å². The van der Waals surface area contributed by atoms with E-state index >= 15 is 0 Å². The van der Waals surface area contributed by atoms with Crippen molar-refractivity contribution in [3.05, 3.63) is 71.8 Å². The molecule has 142 valence electrons. The Morgan fingerprint density at radius 2 is 1.74 bits per heavy atom. The fourth-order valence-corrected chi connectivity index (χ4v) is 3.56. The fourth-order valence-electron chi connectivity index (χ4n) is 3.56. The highest BCUT2D eigenvalue weighted by atomic mass is 16.5. The van der Waals surface area contributed by atoms with E-state index in [4.69, 9.17) is 5.21 Å². The average molecular weight is 365 g/mol. The van der Waals surface area contributed by atoms with Crippen LogP contribution in [0.4, 0.5) is 5.69 Å². The summed E-state index contributed by atoms with van der Waals surface area (Å²) in [5.74, 6) is -0.00511. The summed E-state index contributed by atoms with van der Waals surface area (Å²) >= 11 is 0. The van der Waals surface area contributed by atoms with E-state index in [9.17, 15) is 4.79 Å². The van der Waals surface area contributed by atoms with Crippen LogP contribution in [0.25, 0.3) is 6.08 Å². The molecule has 3 rings (SSSR count). The molecular weight excluding hydrogens is 338 g/mol. The molecule has 1 fully saturated rings. The van der Waals surface area contributed by atoms with Gasteiger partial charge in [0.25, 0.3) is 5.91 Å². The van der Waals surface area contributed by atoms with Crippen molar-refractivity contribution in [3.8, 4) is 0 Å². The number of para-hydroxylation sites is 1. The molecule has 2 aromatic carbocycles. The van der Waals surface area contributed by atoms with Crippen LogP contribution in [0.2, 0.25) is 0 Å². The van der Waals surface area contributed by atoms with Crippen molar-refractivity contribution >= 4 is 17.7 Å². The lowest BCUT2D eigenvalue weighted by Crippen LogP contribution is -2.47. The van der Waals surface area contributed by atoms with Gasteiger partial charge < -0.3 is 4.90 Å². The predicted octanol–water partition coefficient (Wildman–Crippen LogP) is 3.13. The molecule has 27 heavy (non-hydrogen) atoms. The molecule has 0 bridgehead atoms. The minimum atomic E-state index is -0.524. The van der Waals surface area contributed by atoms with E-state index in [1.54, 1.807) is 11.6 Å². The summed E-state index contributed by atoms with van der Waals surface area (Å²) in [5, 5.41) is 8.65. The third-order valence-corrected chi connectivity index (χ3v) is 5.07. The number of anilines is 1. The Morgan fingerprint density at radius 1 is 1.07 bits per heavy atom. The Morgan fingerprint density at radius 3 is 2.44 bits per heavy atom. The Bertz CT molecular complexity index is 768. The molecule has 0 saturated carbocycles. The average Bonchev–Trinajstić information content (AvgIpc) is 2.73. The molecule has 1 saturated heterocycles. The van der Waals surface area contributed by atoms with Gasteiger partial charge in [0.2, 0.25) is 0 Å². The highest BCUT2D eigenvalue weighted by Gasteiger charge is 2.20. The van der Waals surface area contributed by atoms with Gasteiger partial charge in [-0.3, -0.25) is 14.9 Å². The van der Waals surface area contributed by atoms with Crippen molar-refractivity contribution < 1.29 is 10.0 Å². The van der Waals surface area contributed by atoms with E-state index in [2.05, 4.69) is 53.1 Å². The summed E-state index contributed by atoms with van der Waals surface area (Å²) in [6, 6.07) is 18.7. The Balaban J connectivity index is 1.59. The van der Waals surface area contributed by atoms with Crippen molar-refractivity contribution in [2.24, 2.45) is 0 Å². The minimum Gasteiger partial charge on any atom is -0.368 e. The lowest BCUT2D eigenvalue weighted by Gasteiger charge is -2.37. The molecule has 0 spiro atoms. The van der Waals surface area contributed by atoms with Crippen LogP contribution in [0, 0.1) is 0 Å². The first-order chi connectivity index (χ1) is 13.2. The van der Waals surface area contributed by atoms with Gasteiger partial charge in [0.05, 0.1) is 0 Å². The molecule has 1 unspecified atom stereocenters. The zero-order valence-corrected chi connectivity index (χ0v) is 15.7.